The molecule has 176 valence electrons. The number of primary amides is 1. The van der Waals surface area contributed by atoms with E-state index in [0.29, 0.717) is 0 Å². The molecular formula is C22H20F5N3O3. The predicted octanol–water partition coefficient (Wildman–Crippen LogP) is 4.18. The molecule has 2 aromatic rings. The number of nitrogens with two attached hydrogens (primary N) is 1. The van der Waals surface area contributed by atoms with Crippen molar-refractivity contribution >= 4 is 23.6 Å². The molecule has 11 heteroatoms. The summed E-state index contributed by atoms with van der Waals surface area (Å²) in [5, 5.41) is 2.38. The summed E-state index contributed by atoms with van der Waals surface area (Å²) in [6.07, 6.45) is -4.46. The Kier molecular flexibility index (Phi) is 6.29. The number of hydrogen-bond donors (Lipinski definition) is 2. The Morgan fingerprint density at radius 1 is 1.27 bits per heavy atom. The fraction of sp³-hybridized carbons (Fsp3) is 0.318. The molecule has 2 heterocycles. The molecule has 6 nitrogen and oxygen atoms in total. The fourth-order valence-electron chi connectivity index (χ4n) is 3.96. The number of halogens is 5. The van der Waals surface area contributed by atoms with E-state index in [0.717, 1.165) is 31.2 Å². The average molecular weight is 469 g/mol. The molecule has 0 spiro atoms. The van der Waals surface area contributed by atoms with E-state index in [9.17, 15) is 31.5 Å². The number of rotatable bonds is 5. The van der Waals surface area contributed by atoms with Crippen molar-refractivity contribution in [2.75, 3.05) is 5.32 Å². The highest BCUT2D eigenvalue weighted by Crippen LogP contribution is 2.54. The molecule has 33 heavy (non-hydrogen) atoms. The summed E-state index contributed by atoms with van der Waals surface area (Å²) in [6, 6.07) is 4.32. The number of anilines is 1. The minimum atomic E-state index is -4.87. The van der Waals surface area contributed by atoms with Crippen LogP contribution in [0.15, 0.2) is 37.0 Å². The van der Waals surface area contributed by atoms with Gasteiger partial charge in [0, 0.05) is 29.3 Å². The molecule has 0 bridgehead atoms. The van der Waals surface area contributed by atoms with Crippen LogP contribution in [0.1, 0.15) is 41.4 Å². The van der Waals surface area contributed by atoms with E-state index in [1.807, 2.05) is 0 Å². The van der Waals surface area contributed by atoms with Crippen molar-refractivity contribution < 1.29 is 36.3 Å². The highest BCUT2D eigenvalue weighted by Gasteiger charge is 2.65. The van der Waals surface area contributed by atoms with E-state index in [2.05, 4.69) is 16.9 Å². The van der Waals surface area contributed by atoms with Crippen molar-refractivity contribution in [1.82, 2.24) is 4.98 Å². The zero-order valence-electron chi connectivity index (χ0n) is 17.5. The van der Waals surface area contributed by atoms with Crippen LogP contribution in [0.3, 0.4) is 0 Å². The number of pyridine rings is 1. The van der Waals surface area contributed by atoms with Crippen LogP contribution in [-0.2, 0) is 9.53 Å². The van der Waals surface area contributed by atoms with Gasteiger partial charge in [-0.1, -0.05) is 25.6 Å². The van der Waals surface area contributed by atoms with Gasteiger partial charge in [-0.15, -0.1) is 0 Å². The van der Waals surface area contributed by atoms with Crippen LogP contribution in [0, 0.1) is 17.6 Å². The van der Waals surface area contributed by atoms with E-state index in [1.165, 1.54) is 19.2 Å². The van der Waals surface area contributed by atoms with Gasteiger partial charge < -0.3 is 15.8 Å². The standard InChI is InChI=1S/C22H20F5N3O3/c1-4-12-13(5-6-14(23)17(12)24)16-10(2)21(3,22(25,26)27)33-18(16)20(32)30-11-7-8-29-15(9-11)19(28)31/h4-10,16,18H,1H2,2-3H3,(H2,28,31)(H,29,30,32)/t10-,16-,18+,21-/m1/s1. The third kappa shape index (κ3) is 4.20. The van der Waals surface area contributed by atoms with E-state index >= 15 is 0 Å². The first-order chi connectivity index (χ1) is 15.3. The third-order valence-corrected chi connectivity index (χ3v) is 5.94. The average Bonchev–Trinajstić information content (AvgIpc) is 3.02. The number of ether oxygens (including phenoxy) is 1. The number of nitrogens with zero attached hydrogens (tertiary/aromatic N) is 1. The Morgan fingerprint density at radius 3 is 2.52 bits per heavy atom. The SMILES string of the molecule is C=Cc1c([C@@H]2[C@@H](C(=O)Nc3ccnc(C(N)=O)c3)O[C@@](C)(C(F)(F)F)[C@@H]2C)ccc(F)c1F. The zero-order chi connectivity index (χ0) is 24.7. The molecule has 0 unspecified atom stereocenters. The molecule has 0 radical (unpaired) electrons. The van der Waals surface area contributed by atoms with Gasteiger partial charge in [0.05, 0.1) is 0 Å². The van der Waals surface area contributed by atoms with Crippen molar-refractivity contribution in [3.05, 3.63) is 65.5 Å². The van der Waals surface area contributed by atoms with Crippen molar-refractivity contribution in [3.8, 4) is 0 Å². The van der Waals surface area contributed by atoms with Crippen LogP contribution in [0.5, 0.6) is 0 Å². The van der Waals surface area contributed by atoms with Crippen molar-refractivity contribution in [3.63, 3.8) is 0 Å². The van der Waals surface area contributed by atoms with Crippen LogP contribution in [0.2, 0.25) is 0 Å². The molecular weight excluding hydrogens is 449 g/mol. The monoisotopic (exact) mass is 469 g/mol. The van der Waals surface area contributed by atoms with E-state index in [1.54, 1.807) is 0 Å². The molecule has 1 aromatic heterocycles. The van der Waals surface area contributed by atoms with Crippen LogP contribution >= 0.6 is 0 Å². The van der Waals surface area contributed by atoms with Gasteiger partial charge in [-0.05, 0) is 30.7 Å². The first-order valence-corrected chi connectivity index (χ1v) is 9.73. The van der Waals surface area contributed by atoms with Gasteiger partial charge in [0.2, 0.25) is 0 Å². The van der Waals surface area contributed by atoms with Gasteiger partial charge in [-0.3, -0.25) is 14.6 Å². The van der Waals surface area contributed by atoms with Crippen LogP contribution in [0.25, 0.3) is 6.08 Å². The Bertz CT molecular complexity index is 1120. The molecule has 1 saturated heterocycles. The minimum absolute atomic E-state index is 0.0358. The van der Waals surface area contributed by atoms with Crippen molar-refractivity contribution in [2.24, 2.45) is 11.7 Å². The lowest BCUT2D eigenvalue weighted by Crippen LogP contribution is -2.47. The number of carbonyl (C=O) groups is 2. The van der Waals surface area contributed by atoms with E-state index < -0.39 is 53.2 Å². The number of benzene rings is 1. The minimum Gasteiger partial charge on any atom is -0.364 e. The Labute approximate surface area is 185 Å². The summed E-state index contributed by atoms with van der Waals surface area (Å²) < 4.78 is 75.3. The summed E-state index contributed by atoms with van der Waals surface area (Å²) in [6.45, 7) is 5.43. The van der Waals surface area contributed by atoms with Crippen molar-refractivity contribution in [1.29, 1.82) is 0 Å². The molecule has 2 amide bonds. The maximum atomic E-state index is 14.4. The highest BCUT2D eigenvalue weighted by molar-refractivity contribution is 5.97. The lowest BCUT2D eigenvalue weighted by Gasteiger charge is -2.32. The van der Waals surface area contributed by atoms with Gasteiger partial charge >= 0.3 is 6.18 Å². The van der Waals surface area contributed by atoms with Gasteiger partial charge in [-0.2, -0.15) is 13.2 Å². The van der Waals surface area contributed by atoms with E-state index in [4.69, 9.17) is 10.5 Å². The second-order valence-electron chi connectivity index (χ2n) is 7.81. The number of nitrogens with one attached hydrogen (secondary N) is 1. The molecule has 3 N–H and O–H groups in total. The normalized spacial score (nSPS) is 25.0. The molecule has 1 fully saturated rings. The number of aromatic nitrogens is 1. The number of amides is 2. The van der Waals surface area contributed by atoms with Gasteiger partial charge in [0.15, 0.2) is 17.2 Å². The maximum Gasteiger partial charge on any atom is 0.417 e. The highest BCUT2D eigenvalue weighted by atomic mass is 19.4. The number of alkyl halides is 3. The second-order valence-corrected chi connectivity index (χ2v) is 7.81. The summed E-state index contributed by atoms with van der Waals surface area (Å²) in [5.74, 6) is -7.05. The largest absolute Gasteiger partial charge is 0.417 e. The smallest absolute Gasteiger partial charge is 0.364 e. The number of hydrogen-bond acceptors (Lipinski definition) is 4. The molecule has 1 aromatic carbocycles. The van der Waals surface area contributed by atoms with Gasteiger partial charge in [-0.25, -0.2) is 8.78 Å². The van der Waals surface area contributed by atoms with Gasteiger partial charge in [0.1, 0.15) is 11.8 Å². The van der Waals surface area contributed by atoms with Crippen LogP contribution < -0.4 is 11.1 Å². The molecule has 0 saturated carbocycles. The Hall–Kier alpha value is -3.34. The Morgan fingerprint density at radius 2 is 1.94 bits per heavy atom. The molecule has 0 aliphatic carbocycles. The van der Waals surface area contributed by atoms with Crippen molar-refractivity contribution in [2.45, 2.75) is 37.6 Å². The second kappa shape index (κ2) is 8.54. The summed E-state index contributed by atoms with van der Waals surface area (Å²) in [7, 11) is 0. The lowest BCUT2D eigenvalue weighted by atomic mass is 9.75. The molecule has 1 aliphatic heterocycles. The maximum absolute atomic E-state index is 14.4. The van der Waals surface area contributed by atoms with Crippen LogP contribution in [0.4, 0.5) is 27.6 Å². The Balaban J connectivity index is 2.08. The molecule has 3 rings (SSSR count). The summed E-state index contributed by atoms with van der Waals surface area (Å²) in [5.41, 5.74) is 1.83. The molecule has 1 aliphatic rings. The predicted molar refractivity (Wildman–Crippen MR) is 109 cm³/mol. The first-order valence-electron chi connectivity index (χ1n) is 9.73. The third-order valence-electron chi connectivity index (χ3n) is 5.94. The lowest BCUT2D eigenvalue weighted by molar-refractivity contribution is -0.272. The van der Waals surface area contributed by atoms with Crippen LogP contribution in [-0.4, -0.2) is 34.7 Å². The summed E-state index contributed by atoms with van der Waals surface area (Å²) >= 11 is 0. The fourth-order valence-corrected chi connectivity index (χ4v) is 3.96. The summed E-state index contributed by atoms with van der Waals surface area (Å²) in [4.78, 5) is 28.1. The zero-order valence-corrected chi connectivity index (χ0v) is 17.5. The quantitative estimate of drug-likeness (QED) is 0.643. The molecule has 4 atom stereocenters. The first kappa shape index (κ1) is 24.3. The topological polar surface area (TPSA) is 94.3 Å². The van der Waals surface area contributed by atoms with E-state index in [-0.39, 0.29) is 22.5 Å². The number of carbonyl (C=O) groups excluding carboxylic acids is 2. The van der Waals surface area contributed by atoms with Gasteiger partial charge in [0.25, 0.3) is 11.8 Å².